The van der Waals surface area contributed by atoms with Gasteiger partial charge in [-0.2, -0.15) is 0 Å². The molecule has 6 nitrogen and oxygen atoms in total. The Morgan fingerprint density at radius 1 is 1.12 bits per heavy atom. The predicted molar refractivity (Wildman–Crippen MR) is 102 cm³/mol. The Morgan fingerprint density at radius 2 is 1.84 bits per heavy atom. The van der Waals surface area contributed by atoms with Gasteiger partial charge in [-0.25, -0.2) is 4.98 Å². The van der Waals surface area contributed by atoms with Crippen molar-refractivity contribution in [2.45, 2.75) is 5.16 Å². The molecule has 1 heterocycles. The largest absolute Gasteiger partial charge is 0.497 e. The number of rotatable bonds is 3. The number of nitrogens with zero attached hydrogens (tertiary/aromatic N) is 2. The fraction of sp³-hybridized carbons (Fsp3) is 0.125. The maximum atomic E-state index is 13.0. The number of fused-ring (bicyclic) bond motifs is 1. The minimum atomic E-state index is -0.415. The SMILES string of the molecule is COc1cc(N)c2c(=O)n(-c3cc(OC)c(Cl)cc3Cl)c(S)nc2c1. The van der Waals surface area contributed by atoms with Gasteiger partial charge in [0.2, 0.25) is 0 Å². The molecule has 0 radical (unpaired) electrons. The average molecular weight is 398 g/mol. The molecule has 130 valence electrons. The first kappa shape index (κ1) is 17.7. The highest BCUT2D eigenvalue weighted by Gasteiger charge is 2.18. The van der Waals surface area contributed by atoms with Gasteiger partial charge in [0.05, 0.1) is 46.5 Å². The molecule has 1 aromatic heterocycles. The lowest BCUT2D eigenvalue weighted by Gasteiger charge is -2.15. The Labute approximate surface area is 158 Å². The first-order valence-electron chi connectivity index (χ1n) is 7.00. The summed E-state index contributed by atoms with van der Waals surface area (Å²) >= 11 is 16.6. The van der Waals surface area contributed by atoms with E-state index in [0.717, 1.165) is 0 Å². The van der Waals surface area contributed by atoms with E-state index >= 15 is 0 Å². The lowest BCUT2D eigenvalue weighted by atomic mass is 10.2. The zero-order valence-corrected chi connectivity index (χ0v) is 15.6. The lowest BCUT2D eigenvalue weighted by molar-refractivity contribution is 0.414. The first-order chi connectivity index (χ1) is 11.9. The van der Waals surface area contributed by atoms with Gasteiger partial charge in [0.1, 0.15) is 11.5 Å². The van der Waals surface area contributed by atoms with Gasteiger partial charge in [-0.1, -0.05) is 23.2 Å². The molecule has 0 spiro atoms. The number of nitrogen functional groups attached to an aromatic ring is 1. The van der Waals surface area contributed by atoms with Crippen LogP contribution in [0.15, 0.2) is 34.2 Å². The quantitative estimate of drug-likeness (QED) is 0.401. The summed E-state index contributed by atoms with van der Waals surface area (Å²) in [5.74, 6) is 0.858. The smallest absolute Gasteiger partial charge is 0.268 e. The number of methoxy groups -OCH3 is 2. The molecule has 9 heteroatoms. The summed E-state index contributed by atoms with van der Waals surface area (Å²) in [6.45, 7) is 0. The highest BCUT2D eigenvalue weighted by molar-refractivity contribution is 7.80. The molecule has 0 aliphatic rings. The molecule has 0 saturated carbocycles. The van der Waals surface area contributed by atoms with Gasteiger partial charge >= 0.3 is 0 Å². The van der Waals surface area contributed by atoms with E-state index in [1.165, 1.54) is 24.9 Å². The number of nitrogens with two attached hydrogens (primary N) is 1. The molecule has 3 rings (SSSR count). The molecular weight excluding hydrogens is 385 g/mol. The zero-order valence-electron chi connectivity index (χ0n) is 13.2. The normalized spacial score (nSPS) is 10.9. The highest BCUT2D eigenvalue weighted by atomic mass is 35.5. The van der Waals surface area contributed by atoms with Crippen molar-refractivity contribution in [3.8, 4) is 17.2 Å². The predicted octanol–water partition coefficient (Wildman–Crippen LogP) is 3.58. The van der Waals surface area contributed by atoms with Crippen LogP contribution in [0.5, 0.6) is 11.5 Å². The van der Waals surface area contributed by atoms with E-state index in [-0.39, 0.29) is 21.3 Å². The Morgan fingerprint density at radius 3 is 2.48 bits per heavy atom. The molecule has 0 saturated heterocycles. The number of hydrogen-bond donors (Lipinski definition) is 2. The Bertz CT molecular complexity index is 1050. The Balaban J connectivity index is 2.39. The fourth-order valence-corrected chi connectivity index (χ4v) is 3.34. The molecule has 2 N–H and O–H groups in total. The van der Waals surface area contributed by atoms with E-state index in [4.69, 9.17) is 38.4 Å². The van der Waals surface area contributed by atoms with Gasteiger partial charge in [0.15, 0.2) is 5.16 Å². The highest BCUT2D eigenvalue weighted by Crippen LogP contribution is 2.34. The van der Waals surface area contributed by atoms with Crippen LogP contribution in [0.3, 0.4) is 0 Å². The molecule has 3 aromatic rings. The second kappa shape index (κ2) is 6.67. The van der Waals surface area contributed by atoms with Gasteiger partial charge in [-0.3, -0.25) is 9.36 Å². The maximum Gasteiger partial charge on any atom is 0.268 e. The molecule has 25 heavy (non-hydrogen) atoms. The second-order valence-corrected chi connectivity index (χ2v) is 6.32. The number of thiol groups is 1. The van der Waals surface area contributed by atoms with Gasteiger partial charge < -0.3 is 15.2 Å². The number of ether oxygens (including phenoxy) is 2. The molecule has 0 aliphatic carbocycles. The van der Waals surface area contributed by atoms with Crippen molar-refractivity contribution in [1.82, 2.24) is 9.55 Å². The molecule has 2 aromatic carbocycles. The Kier molecular flexibility index (Phi) is 4.73. The van der Waals surface area contributed by atoms with Crippen molar-refractivity contribution in [3.05, 3.63) is 44.7 Å². The van der Waals surface area contributed by atoms with Crippen LogP contribution in [-0.4, -0.2) is 23.8 Å². The molecule has 0 aliphatic heterocycles. The molecule has 0 unspecified atom stereocenters. The summed E-state index contributed by atoms with van der Waals surface area (Å²) in [5.41, 5.74) is 6.55. The van der Waals surface area contributed by atoms with Gasteiger partial charge in [-0.05, 0) is 6.07 Å². The fourth-order valence-electron chi connectivity index (χ4n) is 2.48. The van der Waals surface area contributed by atoms with E-state index in [0.29, 0.717) is 27.7 Å². The van der Waals surface area contributed by atoms with E-state index < -0.39 is 5.56 Å². The lowest BCUT2D eigenvalue weighted by Crippen LogP contribution is -2.22. The summed E-state index contributed by atoms with van der Waals surface area (Å²) in [7, 11) is 2.97. The molecule has 0 bridgehead atoms. The number of aromatic nitrogens is 2. The van der Waals surface area contributed by atoms with Crippen LogP contribution in [-0.2, 0) is 0 Å². The molecule has 0 atom stereocenters. The number of hydrogen-bond acceptors (Lipinski definition) is 6. The van der Waals surface area contributed by atoms with Gasteiger partial charge in [-0.15, -0.1) is 12.6 Å². The van der Waals surface area contributed by atoms with Crippen molar-refractivity contribution in [3.63, 3.8) is 0 Å². The molecule has 0 fully saturated rings. The van der Waals surface area contributed by atoms with E-state index in [1.54, 1.807) is 18.2 Å². The van der Waals surface area contributed by atoms with Crippen LogP contribution < -0.4 is 20.8 Å². The summed E-state index contributed by atoms with van der Waals surface area (Å²) in [6, 6.07) is 6.19. The monoisotopic (exact) mass is 397 g/mol. The third kappa shape index (κ3) is 2.99. The summed E-state index contributed by atoms with van der Waals surface area (Å²) in [4.78, 5) is 17.4. The number of benzene rings is 2. The third-order valence-corrected chi connectivity index (χ3v) is 4.55. The van der Waals surface area contributed by atoms with Crippen molar-refractivity contribution in [1.29, 1.82) is 0 Å². The van der Waals surface area contributed by atoms with Crippen LogP contribution in [0.2, 0.25) is 10.0 Å². The summed E-state index contributed by atoms with van der Waals surface area (Å²) in [5, 5.41) is 0.944. The van der Waals surface area contributed by atoms with Crippen LogP contribution >= 0.6 is 35.8 Å². The van der Waals surface area contributed by atoms with Crippen molar-refractivity contribution in [2.24, 2.45) is 0 Å². The zero-order chi connectivity index (χ0) is 18.3. The third-order valence-electron chi connectivity index (χ3n) is 3.66. The average Bonchev–Trinajstić information content (AvgIpc) is 2.55. The van der Waals surface area contributed by atoms with Crippen molar-refractivity contribution >= 4 is 52.4 Å². The molecule has 0 amide bonds. The van der Waals surface area contributed by atoms with Crippen molar-refractivity contribution in [2.75, 3.05) is 20.0 Å². The second-order valence-electron chi connectivity index (χ2n) is 5.10. The van der Waals surface area contributed by atoms with Crippen LogP contribution in [0.1, 0.15) is 0 Å². The summed E-state index contributed by atoms with van der Waals surface area (Å²) in [6.07, 6.45) is 0. The number of anilines is 1. The van der Waals surface area contributed by atoms with Crippen LogP contribution in [0.4, 0.5) is 5.69 Å². The minimum absolute atomic E-state index is 0.136. The van der Waals surface area contributed by atoms with Crippen molar-refractivity contribution < 1.29 is 9.47 Å². The van der Waals surface area contributed by atoms with Crippen LogP contribution in [0.25, 0.3) is 16.6 Å². The first-order valence-corrected chi connectivity index (χ1v) is 8.20. The standard InChI is InChI=1S/C16H13Cl2N3O3S/c1-23-7-3-10(19)14-11(4-7)20-16(25)21(15(14)22)12-6-13(24-2)9(18)5-8(12)17/h3-6H,19H2,1-2H3,(H,20,25). The van der Waals surface area contributed by atoms with E-state index in [9.17, 15) is 4.79 Å². The van der Waals surface area contributed by atoms with E-state index in [2.05, 4.69) is 17.6 Å². The number of halogens is 2. The minimum Gasteiger partial charge on any atom is -0.497 e. The topological polar surface area (TPSA) is 79.4 Å². The summed E-state index contributed by atoms with van der Waals surface area (Å²) < 4.78 is 11.6. The van der Waals surface area contributed by atoms with Gasteiger partial charge in [0, 0.05) is 18.2 Å². The van der Waals surface area contributed by atoms with Gasteiger partial charge in [0.25, 0.3) is 5.56 Å². The molecular formula is C16H13Cl2N3O3S. The Hall–Kier alpha value is -2.09. The van der Waals surface area contributed by atoms with Crippen LogP contribution in [0, 0.1) is 0 Å². The van der Waals surface area contributed by atoms with E-state index in [1.807, 2.05) is 0 Å². The maximum absolute atomic E-state index is 13.0.